The number of nitrogens with one attached hydrogen (secondary N) is 1. The van der Waals surface area contributed by atoms with E-state index >= 15 is 0 Å². The van der Waals surface area contributed by atoms with E-state index in [9.17, 15) is 13.2 Å². The van der Waals surface area contributed by atoms with Crippen molar-refractivity contribution in [1.82, 2.24) is 14.5 Å². The Morgan fingerprint density at radius 3 is 2.72 bits per heavy atom. The van der Waals surface area contributed by atoms with Gasteiger partial charge in [0.1, 0.15) is 5.82 Å². The van der Waals surface area contributed by atoms with E-state index in [-0.39, 0.29) is 17.2 Å². The number of sulfonamides is 1. The molecule has 0 fully saturated rings. The van der Waals surface area contributed by atoms with Gasteiger partial charge in [0.05, 0.1) is 26.5 Å². The minimum absolute atomic E-state index is 0.0240. The Labute approximate surface area is 194 Å². The third-order valence-corrected chi connectivity index (χ3v) is 7.59. The second kappa shape index (κ2) is 9.10. The third-order valence-electron chi connectivity index (χ3n) is 4.89. The van der Waals surface area contributed by atoms with Gasteiger partial charge in [-0.25, -0.2) is 23.5 Å². The number of nitrogens with two attached hydrogens (primary N) is 1. The lowest BCUT2D eigenvalue weighted by Gasteiger charge is -2.08. The number of anilines is 1. The quantitative estimate of drug-likeness (QED) is 0.385. The Morgan fingerprint density at radius 2 is 2.03 bits per heavy atom. The maximum atomic E-state index is 12.5. The molecule has 168 valence electrons. The largest absolute Gasteiger partial charge is 0.328 e. The smallest absolute Gasteiger partial charge is 0.238 e. The van der Waals surface area contributed by atoms with Gasteiger partial charge in [-0.05, 0) is 43.7 Å². The molecule has 3 N–H and O–H groups in total. The number of imidazole rings is 1. The maximum absolute atomic E-state index is 12.5. The van der Waals surface area contributed by atoms with E-state index in [1.165, 1.54) is 28.3 Å². The van der Waals surface area contributed by atoms with Crippen LogP contribution in [-0.4, -0.2) is 28.9 Å². The van der Waals surface area contributed by atoms with Crippen LogP contribution in [-0.2, 0) is 27.8 Å². The Morgan fingerprint density at radius 1 is 1.22 bits per heavy atom. The molecule has 0 aliphatic heterocycles. The van der Waals surface area contributed by atoms with Gasteiger partial charge in [0, 0.05) is 29.6 Å². The molecular formula is C21H23N5O3S3. The fourth-order valence-electron chi connectivity index (χ4n) is 3.42. The molecule has 0 saturated carbocycles. The topological polar surface area (TPSA) is 120 Å². The van der Waals surface area contributed by atoms with Crippen molar-refractivity contribution in [3.63, 3.8) is 0 Å². The molecule has 0 bridgehead atoms. The number of thiophene rings is 1. The van der Waals surface area contributed by atoms with Crippen LogP contribution >= 0.6 is 22.7 Å². The van der Waals surface area contributed by atoms with E-state index in [1.54, 1.807) is 17.4 Å². The molecule has 3 aromatic heterocycles. The number of primary sulfonamides is 1. The van der Waals surface area contributed by atoms with Crippen LogP contribution in [0.2, 0.25) is 0 Å². The van der Waals surface area contributed by atoms with Gasteiger partial charge in [0.2, 0.25) is 15.9 Å². The molecule has 0 aliphatic carbocycles. The first-order valence-corrected chi connectivity index (χ1v) is 13.3. The second-order valence-corrected chi connectivity index (χ2v) is 11.1. The van der Waals surface area contributed by atoms with Gasteiger partial charge in [-0.3, -0.25) is 4.79 Å². The first-order chi connectivity index (χ1) is 15.2. The van der Waals surface area contributed by atoms with Gasteiger partial charge in [-0.1, -0.05) is 6.92 Å². The van der Waals surface area contributed by atoms with Crippen LogP contribution in [0.25, 0.3) is 21.6 Å². The minimum Gasteiger partial charge on any atom is -0.328 e. The van der Waals surface area contributed by atoms with Crippen LogP contribution in [0.5, 0.6) is 0 Å². The summed E-state index contributed by atoms with van der Waals surface area (Å²) in [5, 5.41) is 10.6. The number of rotatable bonds is 8. The number of carbonyl (C=O) groups excluding carboxylic acids is 1. The number of hydrogen-bond donors (Lipinski definition) is 2. The summed E-state index contributed by atoms with van der Waals surface area (Å²) < 4.78 is 25.3. The summed E-state index contributed by atoms with van der Waals surface area (Å²) in [6, 6.07) is 8.75. The van der Waals surface area contributed by atoms with Crippen molar-refractivity contribution in [2.24, 2.45) is 5.14 Å². The van der Waals surface area contributed by atoms with Crippen LogP contribution in [0, 0.1) is 6.92 Å². The lowest BCUT2D eigenvalue weighted by Crippen LogP contribution is -2.14. The highest BCUT2D eigenvalue weighted by Crippen LogP contribution is 2.30. The zero-order chi connectivity index (χ0) is 22.9. The van der Waals surface area contributed by atoms with Crippen LogP contribution in [0.15, 0.2) is 40.6 Å². The highest BCUT2D eigenvalue weighted by Gasteiger charge is 2.16. The van der Waals surface area contributed by atoms with Crippen LogP contribution < -0.4 is 10.5 Å². The molecule has 1 amide bonds. The molecule has 0 aliphatic rings. The Kier molecular flexibility index (Phi) is 6.42. The number of hydrogen-bond acceptors (Lipinski definition) is 7. The van der Waals surface area contributed by atoms with Crippen molar-refractivity contribution in [3.8, 4) is 10.6 Å². The van der Waals surface area contributed by atoms with Crippen LogP contribution in [0.3, 0.4) is 0 Å². The predicted molar refractivity (Wildman–Crippen MR) is 129 cm³/mol. The van der Waals surface area contributed by atoms with Crippen LogP contribution in [0.1, 0.15) is 30.5 Å². The number of aryl methyl sites for hydroxylation is 3. The maximum Gasteiger partial charge on any atom is 0.238 e. The monoisotopic (exact) mass is 489 g/mol. The first kappa shape index (κ1) is 22.6. The summed E-state index contributed by atoms with van der Waals surface area (Å²) in [6.07, 6.45) is 1.54. The number of nitrogens with zero attached hydrogens (tertiary/aromatic N) is 3. The highest BCUT2D eigenvalue weighted by molar-refractivity contribution is 7.89. The fraction of sp³-hybridized carbons (Fsp3) is 0.286. The van der Waals surface area contributed by atoms with E-state index in [4.69, 9.17) is 5.14 Å². The molecule has 0 spiro atoms. The van der Waals surface area contributed by atoms with E-state index in [2.05, 4.69) is 22.2 Å². The summed E-state index contributed by atoms with van der Waals surface area (Å²) in [5.41, 5.74) is 2.24. The van der Waals surface area contributed by atoms with Crippen molar-refractivity contribution in [2.75, 3.05) is 5.32 Å². The van der Waals surface area contributed by atoms with Crippen molar-refractivity contribution >= 4 is 54.8 Å². The number of fused-ring (bicyclic) bond motifs is 1. The van der Waals surface area contributed by atoms with Gasteiger partial charge >= 0.3 is 0 Å². The van der Waals surface area contributed by atoms with E-state index in [0.717, 1.165) is 34.9 Å². The van der Waals surface area contributed by atoms with Gasteiger partial charge in [0.15, 0.2) is 5.13 Å². The lowest BCUT2D eigenvalue weighted by atomic mass is 10.2. The zero-order valence-electron chi connectivity index (χ0n) is 17.7. The first-order valence-electron chi connectivity index (χ1n) is 10.1. The summed E-state index contributed by atoms with van der Waals surface area (Å²) in [4.78, 5) is 23.9. The minimum atomic E-state index is -3.81. The van der Waals surface area contributed by atoms with Crippen LogP contribution in [0.4, 0.5) is 5.13 Å². The van der Waals surface area contributed by atoms with Crippen molar-refractivity contribution in [2.45, 2.75) is 44.6 Å². The Bertz CT molecular complexity index is 1380. The number of thiazole rings is 1. The zero-order valence-corrected chi connectivity index (χ0v) is 20.1. The molecule has 0 atom stereocenters. The number of carbonyl (C=O) groups is 1. The van der Waals surface area contributed by atoms with Gasteiger partial charge in [-0.15, -0.1) is 22.7 Å². The summed E-state index contributed by atoms with van der Waals surface area (Å²) in [7, 11) is -3.81. The normalized spacial score (nSPS) is 11.8. The van der Waals surface area contributed by atoms with E-state index in [0.29, 0.717) is 17.1 Å². The highest BCUT2D eigenvalue weighted by atomic mass is 32.2. The predicted octanol–water partition coefficient (Wildman–Crippen LogP) is 4.16. The average molecular weight is 490 g/mol. The van der Waals surface area contributed by atoms with E-state index < -0.39 is 10.0 Å². The molecule has 0 unspecified atom stereocenters. The fourth-order valence-corrected chi connectivity index (χ4v) is 5.59. The number of amides is 1. The van der Waals surface area contributed by atoms with Gasteiger partial charge in [0.25, 0.3) is 0 Å². The third kappa shape index (κ3) is 4.90. The molecule has 0 saturated heterocycles. The molecule has 1 aromatic carbocycles. The molecule has 32 heavy (non-hydrogen) atoms. The molecule has 8 nitrogen and oxygen atoms in total. The van der Waals surface area contributed by atoms with Gasteiger partial charge in [-0.2, -0.15) is 0 Å². The van der Waals surface area contributed by atoms with Crippen molar-refractivity contribution in [1.29, 1.82) is 0 Å². The van der Waals surface area contributed by atoms with Crippen molar-refractivity contribution in [3.05, 3.63) is 46.4 Å². The molecular weight excluding hydrogens is 466 g/mol. The summed E-state index contributed by atoms with van der Waals surface area (Å²) in [6.45, 7) is 4.82. The molecule has 11 heteroatoms. The number of aromatic nitrogens is 3. The van der Waals surface area contributed by atoms with Crippen molar-refractivity contribution < 1.29 is 13.2 Å². The number of benzene rings is 1. The Balaban J connectivity index is 1.47. The molecule has 0 radical (unpaired) electrons. The van der Waals surface area contributed by atoms with E-state index in [1.807, 2.05) is 29.0 Å². The standard InChI is InChI=1S/C21H23N5O3S3/c1-3-10-26-17-6-5-14(32(22,28)29)11-15(17)23-19(26)8-9-20(27)25-21-24-16(12-30-21)18-7-4-13(2)31-18/h4-7,11-12H,3,8-10H2,1-2H3,(H2,22,28,29)(H,24,25,27). The summed E-state index contributed by atoms with van der Waals surface area (Å²) in [5.74, 6) is 0.589. The molecule has 4 aromatic rings. The molecule has 3 heterocycles. The average Bonchev–Trinajstić information content (AvgIpc) is 3.45. The van der Waals surface area contributed by atoms with Gasteiger partial charge < -0.3 is 9.88 Å². The lowest BCUT2D eigenvalue weighted by molar-refractivity contribution is -0.116. The molecule has 4 rings (SSSR count). The SMILES string of the molecule is CCCn1c(CCC(=O)Nc2nc(-c3ccc(C)s3)cs2)nc2cc(S(N)(=O)=O)ccc21. The second-order valence-electron chi connectivity index (χ2n) is 7.37. The Hall–Kier alpha value is -2.60. The summed E-state index contributed by atoms with van der Waals surface area (Å²) >= 11 is 3.06.